The zero-order chi connectivity index (χ0) is 22.9. The number of nitrogens with zero attached hydrogens (tertiary/aromatic N) is 2. The highest BCUT2D eigenvalue weighted by Crippen LogP contribution is 2.32. The van der Waals surface area contributed by atoms with Crippen molar-refractivity contribution in [1.82, 2.24) is 4.98 Å². The van der Waals surface area contributed by atoms with Gasteiger partial charge in [-0.3, -0.25) is 9.10 Å². The topological polar surface area (TPSA) is 93.6 Å². The lowest BCUT2D eigenvalue weighted by molar-refractivity contribution is 0.0478. The number of hydrogen-bond donors (Lipinski definition) is 0. The van der Waals surface area contributed by atoms with Crippen LogP contribution in [0.2, 0.25) is 0 Å². The van der Waals surface area contributed by atoms with Gasteiger partial charge < -0.3 is 4.74 Å². The highest BCUT2D eigenvalue weighted by atomic mass is 32.2. The molecule has 1 aromatic heterocycles. The van der Waals surface area contributed by atoms with Crippen LogP contribution in [0.25, 0.3) is 10.6 Å². The van der Waals surface area contributed by atoms with Crippen LogP contribution in [0.15, 0.2) is 48.5 Å². The highest BCUT2D eigenvalue weighted by molar-refractivity contribution is 7.92. The Labute approximate surface area is 190 Å². The lowest BCUT2D eigenvalue weighted by Gasteiger charge is -2.18. The molecule has 0 bridgehead atoms. The van der Waals surface area contributed by atoms with E-state index in [4.69, 9.17) is 4.74 Å². The number of ketones is 1. The van der Waals surface area contributed by atoms with Gasteiger partial charge in [0.1, 0.15) is 9.88 Å². The fourth-order valence-corrected chi connectivity index (χ4v) is 5.68. The van der Waals surface area contributed by atoms with Crippen LogP contribution in [-0.4, -0.2) is 44.1 Å². The number of carbonyl (C=O) groups is 2. The molecule has 2 aromatic carbocycles. The molecule has 3 aromatic rings. The average molecular weight is 471 g/mol. The lowest BCUT2D eigenvalue weighted by Crippen LogP contribution is -2.30. The number of thiazole rings is 1. The van der Waals surface area contributed by atoms with Crippen molar-refractivity contribution in [1.29, 1.82) is 0 Å². The highest BCUT2D eigenvalue weighted by Gasteiger charge is 2.28. The molecular weight excluding hydrogens is 448 g/mol. The maximum Gasteiger partial charge on any atom is 0.350 e. The molecular formula is C23H22N2O5S2. The second-order valence-electron chi connectivity index (χ2n) is 7.37. The van der Waals surface area contributed by atoms with Crippen molar-refractivity contribution in [2.45, 2.75) is 20.3 Å². The number of esters is 1. The Bertz CT molecular complexity index is 1280. The maximum atomic E-state index is 12.6. The summed E-state index contributed by atoms with van der Waals surface area (Å²) in [6.45, 7) is 3.31. The Kier molecular flexibility index (Phi) is 6.12. The van der Waals surface area contributed by atoms with Crippen LogP contribution in [0, 0.1) is 6.92 Å². The van der Waals surface area contributed by atoms with E-state index in [-0.39, 0.29) is 11.5 Å². The smallest absolute Gasteiger partial charge is 0.350 e. The van der Waals surface area contributed by atoms with E-state index in [1.54, 1.807) is 32.0 Å². The first kappa shape index (κ1) is 22.2. The quantitative estimate of drug-likeness (QED) is 0.384. The zero-order valence-corrected chi connectivity index (χ0v) is 19.3. The summed E-state index contributed by atoms with van der Waals surface area (Å²) in [7, 11) is -3.34. The Balaban J connectivity index is 1.44. The predicted molar refractivity (Wildman–Crippen MR) is 124 cm³/mol. The van der Waals surface area contributed by atoms with Gasteiger partial charge in [0.25, 0.3) is 0 Å². The molecule has 0 unspecified atom stereocenters. The van der Waals surface area contributed by atoms with Gasteiger partial charge in [0.05, 0.1) is 17.1 Å². The van der Waals surface area contributed by atoms with E-state index < -0.39 is 22.6 Å². The van der Waals surface area contributed by atoms with Crippen molar-refractivity contribution in [2.75, 3.05) is 23.2 Å². The van der Waals surface area contributed by atoms with Gasteiger partial charge >= 0.3 is 5.97 Å². The molecule has 7 nitrogen and oxygen atoms in total. The van der Waals surface area contributed by atoms with Crippen molar-refractivity contribution in [3.8, 4) is 10.6 Å². The largest absolute Gasteiger partial charge is 0.453 e. The van der Waals surface area contributed by atoms with Crippen molar-refractivity contribution in [3.63, 3.8) is 0 Å². The normalized spacial score (nSPS) is 13.1. The maximum absolute atomic E-state index is 12.6. The van der Waals surface area contributed by atoms with Gasteiger partial charge in [0.2, 0.25) is 10.0 Å². The first-order chi connectivity index (χ1) is 15.3. The summed E-state index contributed by atoms with van der Waals surface area (Å²) in [6, 6.07) is 14.4. The van der Waals surface area contributed by atoms with Crippen LogP contribution in [0.3, 0.4) is 0 Å². The summed E-state index contributed by atoms with van der Waals surface area (Å²) in [5.74, 6) is -0.910. The van der Waals surface area contributed by atoms with Crippen LogP contribution >= 0.6 is 11.3 Å². The molecule has 0 aliphatic carbocycles. The number of rotatable bonds is 7. The minimum Gasteiger partial charge on any atom is -0.453 e. The predicted octanol–water partition coefficient (Wildman–Crippen LogP) is 3.87. The number of Topliss-reactive ketones (excluding diaryl/α,β-unsaturated/α-hetero) is 1. The molecule has 0 atom stereocenters. The summed E-state index contributed by atoms with van der Waals surface area (Å²) in [5.41, 5.74) is 3.26. The summed E-state index contributed by atoms with van der Waals surface area (Å²) in [5, 5.41) is 0.714. The van der Waals surface area contributed by atoms with E-state index in [9.17, 15) is 18.0 Å². The number of aromatic nitrogens is 1. The van der Waals surface area contributed by atoms with Gasteiger partial charge in [0, 0.05) is 17.7 Å². The Morgan fingerprint density at radius 2 is 1.91 bits per heavy atom. The molecule has 9 heteroatoms. The van der Waals surface area contributed by atoms with Crippen molar-refractivity contribution in [2.24, 2.45) is 0 Å². The fraction of sp³-hybridized carbons (Fsp3) is 0.261. The third-order valence-corrected chi connectivity index (χ3v) is 8.26. The molecule has 1 aliphatic rings. The summed E-state index contributed by atoms with van der Waals surface area (Å²) >= 11 is 1.23. The first-order valence-electron chi connectivity index (χ1n) is 10.2. The lowest BCUT2D eigenvalue weighted by atomic mass is 10.1. The number of anilines is 1. The molecule has 4 rings (SSSR count). The van der Waals surface area contributed by atoms with E-state index in [0.29, 0.717) is 39.8 Å². The number of carbonyl (C=O) groups excluding carboxylic acids is 2. The zero-order valence-electron chi connectivity index (χ0n) is 17.7. The number of sulfonamides is 1. The molecule has 2 heterocycles. The average Bonchev–Trinajstić information content (AvgIpc) is 3.41. The monoisotopic (exact) mass is 470 g/mol. The Morgan fingerprint density at radius 1 is 1.16 bits per heavy atom. The van der Waals surface area contributed by atoms with Gasteiger partial charge in [-0.15, -0.1) is 11.3 Å². The van der Waals surface area contributed by atoms with Crippen molar-refractivity contribution >= 4 is 38.8 Å². The number of ether oxygens (including phenoxy) is 1. The Hall–Kier alpha value is -3.04. The summed E-state index contributed by atoms with van der Waals surface area (Å²) < 4.78 is 31.1. The second kappa shape index (κ2) is 8.84. The van der Waals surface area contributed by atoms with Crippen LogP contribution in [0.5, 0.6) is 0 Å². The van der Waals surface area contributed by atoms with E-state index >= 15 is 0 Å². The molecule has 166 valence electrons. The van der Waals surface area contributed by atoms with Crippen LogP contribution < -0.4 is 4.31 Å². The van der Waals surface area contributed by atoms with Crippen molar-refractivity contribution in [3.05, 3.63) is 70.2 Å². The molecule has 0 saturated heterocycles. The third-order valence-electron chi connectivity index (χ3n) is 5.29. The third kappa shape index (κ3) is 4.31. The molecule has 0 spiro atoms. The molecule has 0 saturated carbocycles. The first-order valence-corrected chi connectivity index (χ1v) is 12.6. The SMILES string of the molecule is CCS(=O)(=O)N1CCc2cc(C(=O)COC(=O)c3sc(-c4ccccc4)nc3C)ccc21. The van der Waals surface area contributed by atoms with Crippen molar-refractivity contribution < 1.29 is 22.7 Å². The minimum absolute atomic E-state index is 0.0199. The van der Waals surface area contributed by atoms with E-state index in [1.165, 1.54) is 15.6 Å². The number of aryl methyl sites for hydroxylation is 1. The molecule has 0 N–H and O–H groups in total. The number of benzene rings is 2. The molecule has 32 heavy (non-hydrogen) atoms. The summed E-state index contributed by atoms with van der Waals surface area (Å²) in [4.78, 5) is 30.0. The van der Waals surface area contributed by atoms with E-state index in [0.717, 1.165) is 11.1 Å². The van der Waals surface area contributed by atoms with Gasteiger partial charge in [-0.05, 0) is 44.0 Å². The van der Waals surface area contributed by atoms with Gasteiger partial charge in [-0.25, -0.2) is 18.2 Å². The second-order valence-corrected chi connectivity index (χ2v) is 10.5. The Morgan fingerprint density at radius 3 is 2.62 bits per heavy atom. The van der Waals surface area contributed by atoms with Gasteiger partial charge in [0.15, 0.2) is 12.4 Å². The number of fused-ring (bicyclic) bond motifs is 1. The van der Waals surface area contributed by atoms with E-state index in [2.05, 4.69) is 4.98 Å². The minimum atomic E-state index is -3.34. The molecule has 1 aliphatic heterocycles. The van der Waals surface area contributed by atoms with Crippen LogP contribution in [0.4, 0.5) is 5.69 Å². The van der Waals surface area contributed by atoms with E-state index in [1.807, 2.05) is 30.3 Å². The van der Waals surface area contributed by atoms with Crippen LogP contribution in [-0.2, 0) is 21.2 Å². The number of hydrogen-bond acceptors (Lipinski definition) is 7. The van der Waals surface area contributed by atoms with Gasteiger partial charge in [-0.2, -0.15) is 0 Å². The summed E-state index contributed by atoms with van der Waals surface area (Å²) in [6.07, 6.45) is 0.539. The van der Waals surface area contributed by atoms with Crippen LogP contribution in [0.1, 0.15) is 38.2 Å². The molecule has 0 fully saturated rings. The standard InChI is InChI=1S/C23H22N2O5S2/c1-3-32(28,29)25-12-11-17-13-18(9-10-19(17)25)20(26)14-30-23(27)21-15(2)24-22(31-21)16-7-5-4-6-8-16/h4-10,13H,3,11-12,14H2,1-2H3. The fourth-order valence-electron chi connectivity index (χ4n) is 3.56. The van der Waals surface area contributed by atoms with Gasteiger partial charge in [-0.1, -0.05) is 30.3 Å². The molecule has 0 amide bonds. The molecule has 0 radical (unpaired) electrons.